The first kappa shape index (κ1) is 12.5. The Labute approximate surface area is 95.6 Å². The zero-order valence-electron chi connectivity index (χ0n) is 9.62. The quantitative estimate of drug-likeness (QED) is 0.581. The molecule has 0 aromatic carbocycles. The van der Waals surface area contributed by atoms with Gasteiger partial charge in [0, 0.05) is 0 Å². The molecule has 0 amide bonds. The number of nitrogens with two attached hydrogens (primary N) is 1. The van der Waals surface area contributed by atoms with Gasteiger partial charge in [-0.3, -0.25) is 11.3 Å². The van der Waals surface area contributed by atoms with E-state index in [2.05, 4.69) is 19.3 Å². The SMILES string of the molecule is COc1ccsc1C(CCC(C)C)NN. The van der Waals surface area contributed by atoms with Crippen LogP contribution in [0.2, 0.25) is 0 Å². The molecule has 0 bridgehead atoms. The summed E-state index contributed by atoms with van der Waals surface area (Å²) in [4.78, 5) is 1.20. The van der Waals surface area contributed by atoms with Crippen LogP contribution in [0, 0.1) is 5.92 Å². The molecule has 0 aliphatic rings. The van der Waals surface area contributed by atoms with Crippen LogP contribution in [0.15, 0.2) is 11.4 Å². The third-order valence-corrected chi connectivity index (χ3v) is 3.44. The fraction of sp³-hybridized carbons (Fsp3) is 0.636. The van der Waals surface area contributed by atoms with Crippen LogP contribution in [-0.2, 0) is 0 Å². The average molecular weight is 228 g/mol. The Bertz CT molecular complexity index is 286. The zero-order valence-corrected chi connectivity index (χ0v) is 10.4. The van der Waals surface area contributed by atoms with Crippen molar-refractivity contribution < 1.29 is 4.74 Å². The van der Waals surface area contributed by atoms with E-state index in [1.54, 1.807) is 18.4 Å². The lowest BCUT2D eigenvalue weighted by Crippen LogP contribution is -2.27. The molecule has 15 heavy (non-hydrogen) atoms. The minimum atomic E-state index is 0.211. The maximum absolute atomic E-state index is 5.57. The molecule has 0 aliphatic carbocycles. The number of hydrogen-bond donors (Lipinski definition) is 2. The van der Waals surface area contributed by atoms with Crippen LogP contribution < -0.4 is 16.0 Å². The fourth-order valence-electron chi connectivity index (χ4n) is 1.52. The predicted octanol–water partition coefficient (Wildman–Crippen LogP) is 2.70. The van der Waals surface area contributed by atoms with E-state index < -0.39 is 0 Å². The van der Waals surface area contributed by atoms with E-state index in [0.717, 1.165) is 18.6 Å². The standard InChI is InChI=1S/C11H20N2OS/c1-8(2)4-5-9(13-12)11-10(14-3)6-7-15-11/h6-9,13H,4-5,12H2,1-3H3. The highest BCUT2D eigenvalue weighted by Gasteiger charge is 2.16. The molecule has 1 heterocycles. The van der Waals surface area contributed by atoms with Gasteiger partial charge in [0.05, 0.1) is 18.0 Å². The molecule has 1 atom stereocenters. The van der Waals surface area contributed by atoms with E-state index in [4.69, 9.17) is 10.6 Å². The first-order chi connectivity index (χ1) is 7.19. The highest BCUT2D eigenvalue weighted by Crippen LogP contribution is 2.33. The minimum Gasteiger partial charge on any atom is -0.496 e. The van der Waals surface area contributed by atoms with Crippen LogP contribution in [0.1, 0.15) is 37.6 Å². The van der Waals surface area contributed by atoms with Crippen LogP contribution in [0.4, 0.5) is 0 Å². The maximum Gasteiger partial charge on any atom is 0.134 e. The van der Waals surface area contributed by atoms with Crippen molar-refractivity contribution in [2.75, 3.05) is 7.11 Å². The van der Waals surface area contributed by atoms with E-state index in [1.807, 2.05) is 11.4 Å². The fourth-order valence-corrected chi connectivity index (χ4v) is 2.48. The summed E-state index contributed by atoms with van der Waals surface area (Å²) in [7, 11) is 1.70. The topological polar surface area (TPSA) is 47.3 Å². The predicted molar refractivity (Wildman–Crippen MR) is 65.0 cm³/mol. The molecule has 0 spiro atoms. The summed E-state index contributed by atoms with van der Waals surface area (Å²) in [5.74, 6) is 7.21. The number of hydrogen-bond acceptors (Lipinski definition) is 4. The minimum absolute atomic E-state index is 0.211. The summed E-state index contributed by atoms with van der Waals surface area (Å²) in [6.45, 7) is 4.44. The highest BCUT2D eigenvalue weighted by atomic mass is 32.1. The largest absolute Gasteiger partial charge is 0.496 e. The Balaban J connectivity index is 2.65. The Hall–Kier alpha value is -0.580. The van der Waals surface area contributed by atoms with Crippen LogP contribution in [0.5, 0.6) is 5.75 Å². The van der Waals surface area contributed by atoms with Gasteiger partial charge in [0.25, 0.3) is 0 Å². The summed E-state index contributed by atoms with van der Waals surface area (Å²) >= 11 is 1.69. The lowest BCUT2D eigenvalue weighted by molar-refractivity contribution is 0.393. The van der Waals surface area contributed by atoms with E-state index in [9.17, 15) is 0 Å². The van der Waals surface area contributed by atoms with Gasteiger partial charge in [0.1, 0.15) is 5.75 Å². The summed E-state index contributed by atoms with van der Waals surface area (Å²) in [6.07, 6.45) is 2.21. The third-order valence-electron chi connectivity index (χ3n) is 2.43. The van der Waals surface area contributed by atoms with Crippen molar-refractivity contribution in [2.45, 2.75) is 32.7 Å². The maximum atomic E-state index is 5.57. The lowest BCUT2D eigenvalue weighted by atomic mass is 10.0. The van der Waals surface area contributed by atoms with Gasteiger partial charge in [-0.2, -0.15) is 0 Å². The van der Waals surface area contributed by atoms with Gasteiger partial charge in [-0.25, -0.2) is 0 Å². The van der Waals surface area contributed by atoms with Gasteiger partial charge in [-0.05, 0) is 30.2 Å². The first-order valence-electron chi connectivity index (χ1n) is 5.26. The summed E-state index contributed by atoms with van der Waals surface area (Å²) in [6, 6.07) is 2.20. The third kappa shape index (κ3) is 3.48. The van der Waals surface area contributed by atoms with Gasteiger partial charge in [0.2, 0.25) is 0 Å². The summed E-state index contributed by atoms with van der Waals surface area (Å²) in [5, 5.41) is 2.04. The molecule has 86 valence electrons. The van der Waals surface area contributed by atoms with Gasteiger partial charge < -0.3 is 4.74 Å². The molecular formula is C11H20N2OS. The monoisotopic (exact) mass is 228 g/mol. The molecule has 0 fully saturated rings. The van der Waals surface area contributed by atoms with Gasteiger partial charge in [-0.1, -0.05) is 13.8 Å². The Morgan fingerprint density at radius 3 is 2.73 bits per heavy atom. The van der Waals surface area contributed by atoms with Gasteiger partial charge in [0.15, 0.2) is 0 Å². The molecule has 3 nitrogen and oxygen atoms in total. The van der Waals surface area contributed by atoms with Crippen LogP contribution >= 0.6 is 11.3 Å². The zero-order chi connectivity index (χ0) is 11.3. The normalized spacial score (nSPS) is 13.1. The molecule has 0 saturated heterocycles. The Morgan fingerprint density at radius 1 is 1.47 bits per heavy atom. The van der Waals surface area contributed by atoms with E-state index >= 15 is 0 Å². The number of ether oxygens (including phenoxy) is 1. The molecule has 3 N–H and O–H groups in total. The first-order valence-corrected chi connectivity index (χ1v) is 6.14. The average Bonchev–Trinajstić information content (AvgIpc) is 2.66. The lowest BCUT2D eigenvalue weighted by Gasteiger charge is -2.16. The molecule has 1 rings (SSSR count). The molecule has 1 aromatic heterocycles. The second kappa shape index (κ2) is 6.10. The van der Waals surface area contributed by atoms with Crippen molar-refractivity contribution in [1.29, 1.82) is 0 Å². The van der Waals surface area contributed by atoms with E-state index in [-0.39, 0.29) is 6.04 Å². The number of methoxy groups -OCH3 is 1. The van der Waals surface area contributed by atoms with Crippen molar-refractivity contribution in [3.63, 3.8) is 0 Å². The van der Waals surface area contributed by atoms with Crippen molar-refractivity contribution >= 4 is 11.3 Å². The molecule has 0 saturated carbocycles. The van der Waals surface area contributed by atoms with Crippen molar-refractivity contribution in [3.8, 4) is 5.75 Å². The molecule has 1 aromatic rings. The highest BCUT2D eigenvalue weighted by molar-refractivity contribution is 7.10. The van der Waals surface area contributed by atoms with E-state index in [0.29, 0.717) is 5.92 Å². The van der Waals surface area contributed by atoms with Crippen LogP contribution in [0.25, 0.3) is 0 Å². The molecule has 1 unspecified atom stereocenters. The van der Waals surface area contributed by atoms with Crippen molar-refractivity contribution in [2.24, 2.45) is 11.8 Å². The number of rotatable bonds is 6. The number of thiophene rings is 1. The summed E-state index contributed by atoms with van der Waals surface area (Å²) < 4.78 is 5.29. The smallest absolute Gasteiger partial charge is 0.134 e. The van der Waals surface area contributed by atoms with Crippen LogP contribution in [-0.4, -0.2) is 7.11 Å². The molecule has 0 radical (unpaired) electrons. The van der Waals surface area contributed by atoms with E-state index in [1.165, 1.54) is 4.88 Å². The molecule has 0 aliphatic heterocycles. The second-order valence-corrected chi connectivity index (χ2v) is 4.99. The van der Waals surface area contributed by atoms with Crippen molar-refractivity contribution in [3.05, 3.63) is 16.3 Å². The number of nitrogens with one attached hydrogen (secondary N) is 1. The second-order valence-electron chi connectivity index (χ2n) is 4.04. The van der Waals surface area contributed by atoms with Crippen molar-refractivity contribution in [1.82, 2.24) is 5.43 Å². The summed E-state index contributed by atoms with van der Waals surface area (Å²) in [5.41, 5.74) is 2.86. The Morgan fingerprint density at radius 2 is 2.20 bits per heavy atom. The molecular weight excluding hydrogens is 208 g/mol. The van der Waals surface area contributed by atoms with Gasteiger partial charge in [-0.15, -0.1) is 11.3 Å². The van der Waals surface area contributed by atoms with Crippen LogP contribution in [0.3, 0.4) is 0 Å². The molecule has 4 heteroatoms. The van der Waals surface area contributed by atoms with Gasteiger partial charge >= 0.3 is 0 Å². The Kier molecular flexibility index (Phi) is 5.08. The number of hydrazine groups is 1.